The summed E-state index contributed by atoms with van der Waals surface area (Å²) >= 11 is 0. The average molecular weight is 548 g/mol. The van der Waals surface area contributed by atoms with Crippen LogP contribution < -0.4 is 9.30 Å². The summed E-state index contributed by atoms with van der Waals surface area (Å²) < 4.78 is 10.3. The Morgan fingerprint density at radius 1 is 0.675 bits per heavy atom. The maximum atomic E-state index is 5.98. The lowest BCUT2D eigenvalue weighted by Crippen LogP contribution is -2.23. The molecule has 5 nitrogen and oxygen atoms in total. The zero-order valence-corrected chi connectivity index (χ0v) is 25.5. The van der Waals surface area contributed by atoms with E-state index in [1.165, 1.54) is 103 Å². The monoisotopic (exact) mass is 547 g/mol. The van der Waals surface area contributed by atoms with Crippen LogP contribution >= 0.6 is 0 Å². The molecular formula is C35H55N4O+. The molecule has 0 fully saturated rings. The van der Waals surface area contributed by atoms with Gasteiger partial charge < -0.3 is 4.74 Å². The van der Waals surface area contributed by atoms with Gasteiger partial charge in [-0.15, -0.1) is 0 Å². The van der Waals surface area contributed by atoms with E-state index in [1.807, 2.05) is 12.4 Å². The SMILES string of the molecule is CCCCCCCCCCCCc1ncc(-c2ccc(OCCCCCCCCCn3cc[n+](C)c3)cc2)cn1. The fourth-order valence-corrected chi connectivity index (χ4v) is 5.25. The molecule has 0 aliphatic carbocycles. The van der Waals surface area contributed by atoms with Crippen molar-refractivity contribution >= 4 is 0 Å². The highest BCUT2D eigenvalue weighted by molar-refractivity contribution is 5.62. The second-order valence-electron chi connectivity index (χ2n) is 11.5. The summed E-state index contributed by atoms with van der Waals surface area (Å²) in [4.78, 5) is 9.25. The summed E-state index contributed by atoms with van der Waals surface area (Å²) in [6, 6.07) is 8.36. The van der Waals surface area contributed by atoms with Gasteiger partial charge in [-0.05, 0) is 43.4 Å². The Bertz CT molecular complexity index is 1010. The zero-order chi connectivity index (χ0) is 28.1. The van der Waals surface area contributed by atoms with Crippen molar-refractivity contribution in [1.29, 1.82) is 0 Å². The van der Waals surface area contributed by atoms with Crippen molar-refractivity contribution in [3.63, 3.8) is 0 Å². The van der Waals surface area contributed by atoms with E-state index in [9.17, 15) is 0 Å². The molecule has 0 aliphatic heterocycles. The number of nitrogens with zero attached hydrogens (tertiary/aromatic N) is 4. The summed E-state index contributed by atoms with van der Waals surface area (Å²) in [5.74, 6) is 1.91. The summed E-state index contributed by atoms with van der Waals surface area (Å²) in [6.45, 7) is 4.20. The third kappa shape index (κ3) is 13.6. The summed E-state index contributed by atoms with van der Waals surface area (Å²) in [5, 5.41) is 0. The topological polar surface area (TPSA) is 43.8 Å². The van der Waals surface area contributed by atoms with Crippen LogP contribution in [0.1, 0.15) is 122 Å². The van der Waals surface area contributed by atoms with E-state index < -0.39 is 0 Å². The van der Waals surface area contributed by atoms with Crippen molar-refractivity contribution in [3.05, 3.63) is 61.2 Å². The Morgan fingerprint density at radius 3 is 1.85 bits per heavy atom. The number of hydrogen-bond donors (Lipinski definition) is 0. The van der Waals surface area contributed by atoms with Crippen LogP contribution in [0.4, 0.5) is 0 Å². The minimum Gasteiger partial charge on any atom is -0.494 e. The van der Waals surface area contributed by atoms with E-state index >= 15 is 0 Å². The first-order chi connectivity index (χ1) is 19.7. The zero-order valence-electron chi connectivity index (χ0n) is 25.5. The van der Waals surface area contributed by atoms with Crippen molar-refractivity contribution in [2.75, 3.05) is 6.61 Å². The van der Waals surface area contributed by atoms with Crippen LogP contribution in [-0.2, 0) is 20.0 Å². The van der Waals surface area contributed by atoms with Crippen LogP contribution in [0, 0.1) is 0 Å². The van der Waals surface area contributed by atoms with Crippen molar-refractivity contribution in [1.82, 2.24) is 14.5 Å². The van der Waals surface area contributed by atoms with E-state index in [2.05, 4.69) is 76.1 Å². The van der Waals surface area contributed by atoms with Crippen molar-refractivity contribution in [2.24, 2.45) is 7.05 Å². The predicted octanol–water partition coefficient (Wildman–Crippen LogP) is 9.04. The molecule has 3 aromatic rings. The molecule has 220 valence electrons. The van der Waals surface area contributed by atoms with Crippen LogP contribution in [0.2, 0.25) is 0 Å². The largest absolute Gasteiger partial charge is 0.494 e. The first-order valence-corrected chi connectivity index (χ1v) is 16.3. The molecule has 0 unspecified atom stereocenters. The summed E-state index contributed by atoms with van der Waals surface area (Å²) in [5.41, 5.74) is 2.21. The molecular weight excluding hydrogens is 492 g/mol. The Hall–Kier alpha value is -2.69. The van der Waals surface area contributed by atoms with Gasteiger partial charge in [0.15, 0.2) is 0 Å². The van der Waals surface area contributed by atoms with Crippen molar-refractivity contribution in [3.8, 4) is 16.9 Å². The molecule has 0 saturated heterocycles. The molecule has 0 spiro atoms. The highest BCUT2D eigenvalue weighted by Gasteiger charge is 2.03. The van der Waals surface area contributed by atoms with E-state index in [0.29, 0.717) is 0 Å². The lowest BCUT2D eigenvalue weighted by molar-refractivity contribution is -0.671. The smallest absolute Gasteiger partial charge is 0.243 e. The Morgan fingerprint density at radius 2 is 1.25 bits per heavy atom. The molecule has 2 heterocycles. The van der Waals surface area contributed by atoms with Crippen LogP contribution in [0.3, 0.4) is 0 Å². The maximum absolute atomic E-state index is 5.98. The minimum atomic E-state index is 0.792. The molecule has 5 heteroatoms. The second-order valence-corrected chi connectivity index (χ2v) is 11.5. The predicted molar refractivity (Wildman–Crippen MR) is 166 cm³/mol. The molecule has 0 aliphatic rings. The molecule has 0 radical (unpaired) electrons. The molecule has 40 heavy (non-hydrogen) atoms. The number of rotatable bonds is 23. The van der Waals surface area contributed by atoms with Crippen molar-refractivity contribution < 1.29 is 9.30 Å². The van der Waals surface area contributed by atoms with Crippen molar-refractivity contribution in [2.45, 2.75) is 129 Å². The Kier molecular flexibility index (Phi) is 16.1. The molecule has 3 rings (SSSR count). The number of benzene rings is 1. The molecule has 0 saturated carbocycles. The molecule has 0 bridgehead atoms. The third-order valence-electron chi connectivity index (χ3n) is 7.80. The lowest BCUT2D eigenvalue weighted by Gasteiger charge is -2.08. The normalized spacial score (nSPS) is 11.2. The quantitative estimate of drug-likeness (QED) is 0.0878. The standard InChI is InChI=1S/C35H55N4O/c1-3-4-5-6-7-8-9-11-14-17-20-35-36-29-33(30-37-35)32-21-23-34(24-22-32)40-28-19-16-13-10-12-15-18-25-39-27-26-38(2)31-39/h21-24,26-27,29-31H,3-20,25,28H2,1-2H3/q+1. The minimum absolute atomic E-state index is 0.792. The van der Waals surface area contributed by atoms with Gasteiger partial charge in [-0.3, -0.25) is 0 Å². The third-order valence-corrected chi connectivity index (χ3v) is 7.80. The van der Waals surface area contributed by atoms with Gasteiger partial charge in [0.25, 0.3) is 0 Å². The van der Waals surface area contributed by atoms with E-state index in [4.69, 9.17) is 4.74 Å². The molecule has 0 amide bonds. The van der Waals surface area contributed by atoms with Gasteiger partial charge in [-0.2, -0.15) is 0 Å². The lowest BCUT2D eigenvalue weighted by atomic mass is 10.1. The van der Waals surface area contributed by atoms with E-state index in [0.717, 1.165) is 48.7 Å². The van der Waals surface area contributed by atoms with E-state index in [-0.39, 0.29) is 0 Å². The second kappa shape index (κ2) is 20.2. The number of unbranched alkanes of at least 4 members (excludes halogenated alkanes) is 15. The van der Waals surface area contributed by atoms with Gasteiger partial charge in [0, 0.05) is 24.4 Å². The highest BCUT2D eigenvalue weighted by Crippen LogP contribution is 2.22. The number of aromatic nitrogens is 4. The van der Waals surface area contributed by atoms with Gasteiger partial charge in [-0.25, -0.2) is 19.1 Å². The fourth-order valence-electron chi connectivity index (χ4n) is 5.25. The van der Waals surface area contributed by atoms with Gasteiger partial charge in [0.05, 0.1) is 20.2 Å². The molecule has 0 atom stereocenters. The number of ether oxygens (including phenoxy) is 1. The van der Waals surface area contributed by atoms with Crippen LogP contribution in [0.5, 0.6) is 5.75 Å². The van der Waals surface area contributed by atoms with E-state index in [1.54, 1.807) is 0 Å². The summed E-state index contributed by atoms with van der Waals surface area (Å²) in [7, 11) is 2.07. The molecule has 0 N–H and O–H groups in total. The Labute approximate surface area is 244 Å². The number of aryl methyl sites for hydroxylation is 3. The molecule has 2 aromatic heterocycles. The number of imidazole rings is 1. The van der Waals surface area contributed by atoms with Crippen LogP contribution in [0.25, 0.3) is 11.1 Å². The van der Waals surface area contributed by atoms with Gasteiger partial charge >= 0.3 is 0 Å². The Balaban J connectivity index is 1.18. The highest BCUT2D eigenvalue weighted by atomic mass is 16.5. The first-order valence-electron chi connectivity index (χ1n) is 16.3. The number of hydrogen-bond acceptors (Lipinski definition) is 3. The maximum Gasteiger partial charge on any atom is 0.243 e. The van der Waals surface area contributed by atoms with Crippen LogP contribution in [-0.4, -0.2) is 21.1 Å². The van der Waals surface area contributed by atoms with Crippen LogP contribution in [0.15, 0.2) is 55.4 Å². The average Bonchev–Trinajstić information content (AvgIpc) is 3.40. The fraction of sp³-hybridized carbons (Fsp3) is 0.629. The molecule has 1 aromatic carbocycles. The summed E-state index contributed by atoms with van der Waals surface area (Å²) in [6.07, 6.45) is 33.8. The first kappa shape index (κ1) is 31.8. The van der Waals surface area contributed by atoms with Gasteiger partial charge in [-0.1, -0.05) is 103 Å². The van der Waals surface area contributed by atoms with Gasteiger partial charge in [0.2, 0.25) is 6.33 Å². The van der Waals surface area contributed by atoms with Gasteiger partial charge in [0.1, 0.15) is 24.0 Å².